The highest BCUT2D eigenvalue weighted by atomic mass is 32.2. The lowest BCUT2D eigenvalue weighted by Gasteiger charge is -2.07. The fraction of sp³-hybridized carbons (Fsp3) is 0.538. The zero-order valence-electron chi connectivity index (χ0n) is 11.2. The summed E-state index contributed by atoms with van der Waals surface area (Å²) in [6.07, 6.45) is 1.41. The third-order valence-electron chi connectivity index (χ3n) is 2.71. The Kier molecular flexibility index (Phi) is 6.97. The second kappa shape index (κ2) is 8.24. The van der Waals surface area contributed by atoms with E-state index in [0.29, 0.717) is 12.0 Å². The van der Waals surface area contributed by atoms with E-state index in [1.165, 1.54) is 6.07 Å². The molecule has 0 bridgehead atoms. The molecular weight excluding hydrogens is 267 g/mol. The van der Waals surface area contributed by atoms with Gasteiger partial charge in [-0.05, 0) is 32.0 Å². The van der Waals surface area contributed by atoms with Gasteiger partial charge in [-0.2, -0.15) is 0 Å². The first-order valence-electron chi connectivity index (χ1n) is 6.46. The molecule has 0 radical (unpaired) electrons. The molecule has 0 aliphatic rings. The largest absolute Gasteiger partial charge is 0.317 e. The van der Waals surface area contributed by atoms with Crippen molar-refractivity contribution >= 4 is 10.0 Å². The quantitative estimate of drug-likeness (QED) is 0.679. The number of hydrogen-bond donors (Lipinski definition) is 2. The van der Waals surface area contributed by atoms with Crippen molar-refractivity contribution in [2.45, 2.75) is 26.3 Å². The van der Waals surface area contributed by atoms with Crippen molar-refractivity contribution in [3.8, 4) is 0 Å². The van der Waals surface area contributed by atoms with Crippen LogP contribution in [0, 0.1) is 5.82 Å². The van der Waals surface area contributed by atoms with Gasteiger partial charge >= 0.3 is 0 Å². The topological polar surface area (TPSA) is 58.2 Å². The molecule has 108 valence electrons. The predicted molar refractivity (Wildman–Crippen MR) is 74.8 cm³/mol. The molecule has 0 saturated carbocycles. The van der Waals surface area contributed by atoms with Crippen molar-refractivity contribution in [3.05, 3.63) is 35.6 Å². The molecule has 0 saturated heterocycles. The monoisotopic (exact) mass is 288 g/mol. The van der Waals surface area contributed by atoms with Gasteiger partial charge in [0.15, 0.2) is 0 Å². The van der Waals surface area contributed by atoms with Crippen LogP contribution in [-0.2, 0) is 16.6 Å². The van der Waals surface area contributed by atoms with Gasteiger partial charge in [-0.25, -0.2) is 17.5 Å². The van der Waals surface area contributed by atoms with E-state index in [9.17, 15) is 12.8 Å². The van der Waals surface area contributed by atoms with Crippen molar-refractivity contribution in [2.75, 3.05) is 18.8 Å². The molecule has 0 aromatic heterocycles. The maximum Gasteiger partial charge on any atom is 0.211 e. The summed E-state index contributed by atoms with van der Waals surface area (Å²) in [5.74, 6) is -0.315. The Morgan fingerprint density at radius 1 is 1.21 bits per heavy atom. The van der Waals surface area contributed by atoms with Crippen molar-refractivity contribution in [2.24, 2.45) is 0 Å². The van der Waals surface area contributed by atoms with E-state index in [-0.39, 0.29) is 12.3 Å². The minimum atomic E-state index is -3.33. The van der Waals surface area contributed by atoms with Crippen LogP contribution in [0.3, 0.4) is 0 Å². The van der Waals surface area contributed by atoms with Crippen LogP contribution in [0.1, 0.15) is 25.3 Å². The molecule has 0 unspecified atom stereocenters. The Bertz CT molecular complexity index is 477. The van der Waals surface area contributed by atoms with Crippen LogP contribution in [0.25, 0.3) is 0 Å². The Hall–Kier alpha value is -0.980. The van der Waals surface area contributed by atoms with E-state index < -0.39 is 15.8 Å². The fourth-order valence-electron chi connectivity index (χ4n) is 1.62. The van der Waals surface area contributed by atoms with Crippen LogP contribution in [0.5, 0.6) is 0 Å². The lowest BCUT2D eigenvalue weighted by atomic mass is 10.2. The third-order valence-corrected chi connectivity index (χ3v) is 4.12. The number of halogens is 1. The number of hydrogen-bond acceptors (Lipinski definition) is 3. The highest BCUT2D eigenvalue weighted by Gasteiger charge is 2.10. The van der Waals surface area contributed by atoms with E-state index in [4.69, 9.17) is 0 Å². The smallest absolute Gasteiger partial charge is 0.211 e. The second-order valence-corrected chi connectivity index (χ2v) is 6.22. The van der Waals surface area contributed by atoms with Gasteiger partial charge in [-0.3, -0.25) is 0 Å². The van der Waals surface area contributed by atoms with Gasteiger partial charge in [-0.15, -0.1) is 0 Å². The minimum Gasteiger partial charge on any atom is -0.317 e. The van der Waals surface area contributed by atoms with Gasteiger partial charge in [0.2, 0.25) is 10.0 Å². The minimum absolute atomic E-state index is 0.00220. The molecule has 1 aromatic rings. The maximum atomic E-state index is 13.3. The Morgan fingerprint density at radius 3 is 2.63 bits per heavy atom. The van der Waals surface area contributed by atoms with Crippen molar-refractivity contribution in [1.82, 2.24) is 10.0 Å². The number of nitrogens with one attached hydrogen (secondary N) is 2. The first-order valence-corrected chi connectivity index (χ1v) is 8.12. The zero-order chi connectivity index (χ0) is 14.1. The predicted octanol–water partition coefficient (Wildman–Crippen LogP) is 1.63. The maximum absolute atomic E-state index is 13.3. The van der Waals surface area contributed by atoms with Crippen molar-refractivity contribution in [1.29, 1.82) is 0 Å². The molecule has 0 amide bonds. The molecule has 2 N–H and O–H groups in total. The Morgan fingerprint density at radius 2 is 1.95 bits per heavy atom. The lowest BCUT2D eigenvalue weighted by Crippen LogP contribution is -2.27. The lowest BCUT2D eigenvalue weighted by molar-refractivity contribution is 0.568. The summed E-state index contributed by atoms with van der Waals surface area (Å²) in [6, 6.07) is 6.15. The molecular formula is C13H21FN2O2S. The van der Waals surface area contributed by atoms with Gasteiger partial charge in [0, 0.05) is 12.1 Å². The molecule has 4 nitrogen and oxygen atoms in total. The van der Waals surface area contributed by atoms with Gasteiger partial charge in [0.25, 0.3) is 0 Å². The molecule has 0 aliphatic heterocycles. The van der Waals surface area contributed by atoms with E-state index in [2.05, 4.69) is 10.0 Å². The molecule has 19 heavy (non-hydrogen) atoms. The SMILES string of the molecule is CCNCCCCS(=O)(=O)NCc1ccccc1F. The second-order valence-electron chi connectivity index (χ2n) is 4.29. The van der Waals surface area contributed by atoms with Crippen LogP contribution in [0.15, 0.2) is 24.3 Å². The molecule has 6 heteroatoms. The molecule has 0 aliphatic carbocycles. The molecule has 1 rings (SSSR count). The number of sulfonamides is 1. The van der Waals surface area contributed by atoms with Crippen LogP contribution >= 0.6 is 0 Å². The number of unbranched alkanes of at least 4 members (excludes halogenated alkanes) is 1. The highest BCUT2D eigenvalue weighted by Crippen LogP contribution is 2.06. The average molecular weight is 288 g/mol. The summed E-state index contributed by atoms with van der Waals surface area (Å²) in [5, 5.41) is 3.14. The summed E-state index contributed by atoms with van der Waals surface area (Å²) in [5.41, 5.74) is 0.360. The van der Waals surface area contributed by atoms with E-state index in [1.54, 1.807) is 18.2 Å². The van der Waals surface area contributed by atoms with E-state index >= 15 is 0 Å². The summed E-state index contributed by atoms with van der Waals surface area (Å²) < 4.78 is 39.1. The standard InChI is InChI=1S/C13H21FN2O2S/c1-2-15-9-5-6-10-19(17,18)16-11-12-7-3-4-8-13(12)14/h3-4,7-8,15-16H,2,5-6,9-11H2,1H3. The fourth-order valence-corrected chi connectivity index (χ4v) is 2.72. The summed E-state index contributed by atoms with van der Waals surface area (Å²) >= 11 is 0. The summed E-state index contributed by atoms with van der Waals surface area (Å²) in [7, 11) is -3.33. The van der Waals surface area contributed by atoms with Crippen LogP contribution < -0.4 is 10.0 Å². The molecule has 0 heterocycles. The molecule has 0 spiro atoms. The van der Waals surface area contributed by atoms with Crippen molar-refractivity contribution < 1.29 is 12.8 Å². The first kappa shape index (κ1) is 16.1. The van der Waals surface area contributed by atoms with E-state index in [1.807, 2.05) is 6.92 Å². The summed E-state index contributed by atoms with van der Waals surface area (Å²) in [6.45, 7) is 3.71. The van der Waals surface area contributed by atoms with Gasteiger partial charge in [0.1, 0.15) is 5.82 Å². The molecule has 1 aromatic carbocycles. The average Bonchev–Trinajstić information content (AvgIpc) is 2.37. The van der Waals surface area contributed by atoms with Crippen LogP contribution in [0.2, 0.25) is 0 Å². The third kappa shape index (κ3) is 6.66. The first-order chi connectivity index (χ1) is 9.05. The zero-order valence-corrected chi connectivity index (χ0v) is 12.0. The highest BCUT2D eigenvalue weighted by molar-refractivity contribution is 7.89. The van der Waals surface area contributed by atoms with Crippen LogP contribution in [-0.4, -0.2) is 27.3 Å². The van der Waals surface area contributed by atoms with Crippen LogP contribution in [0.4, 0.5) is 4.39 Å². The number of benzene rings is 1. The Labute approximate surface area is 114 Å². The normalized spacial score (nSPS) is 11.7. The number of rotatable bonds is 9. The summed E-state index contributed by atoms with van der Waals surface area (Å²) in [4.78, 5) is 0. The van der Waals surface area contributed by atoms with Gasteiger partial charge in [0.05, 0.1) is 5.75 Å². The van der Waals surface area contributed by atoms with E-state index in [0.717, 1.165) is 19.5 Å². The Balaban J connectivity index is 2.33. The molecule has 0 atom stereocenters. The van der Waals surface area contributed by atoms with Gasteiger partial charge < -0.3 is 5.32 Å². The molecule has 0 fully saturated rings. The van der Waals surface area contributed by atoms with Crippen molar-refractivity contribution in [3.63, 3.8) is 0 Å². The van der Waals surface area contributed by atoms with Gasteiger partial charge in [-0.1, -0.05) is 25.1 Å².